The zero-order valence-electron chi connectivity index (χ0n) is 11.7. The molecule has 0 radical (unpaired) electrons. The summed E-state index contributed by atoms with van der Waals surface area (Å²) in [6, 6.07) is 7.52. The van der Waals surface area contributed by atoms with E-state index in [9.17, 15) is 8.78 Å². The summed E-state index contributed by atoms with van der Waals surface area (Å²) < 4.78 is 26.3. The maximum Gasteiger partial charge on any atom is 0.159 e. The van der Waals surface area contributed by atoms with Crippen LogP contribution in [0.1, 0.15) is 30.6 Å². The van der Waals surface area contributed by atoms with Gasteiger partial charge in [-0.15, -0.1) is 0 Å². The number of benzene rings is 1. The molecule has 0 amide bonds. The number of nitrogens with one attached hydrogen (secondary N) is 1. The van der Waals surface area contributed by atoms with E-state index in [4.69, 9.17) is 11.6 Å². The first-order valence-corrected chi connectivity index (χ1v) is 7.26. The standard InChI is InChI=1S/C16H17ClF2N2/c1-2-7-20-16(15-6-4-12(17)10-21-15)9-11-3-5-13(18)14(19)8-11/h3-6,8,10,16,20H,2,7,9H2,1H3. The van der Waals surface area contributed by atoms with E-state index in [1.807, 2.05) is 6.07 Å². The number of nitrogens with zero attached hydrogens (tertiary/aromatic N) is 1. The van der Waals surface area contributed by atoms with Crippen LogP contribution < -0.4 is 5.32 Å². The topological polar surface area (TPSA) is 24.9 Å². The molecule has 0 aliphatic carbocycles. The molecule has 2 aromatic rings. The van der Waals surface area contributed by atoms with E-state index in [2.05, 4.69) is 17.2 Å². The van der Waals surface area contributed by atoms with Gasteiger partial charge in [-0.05, 0) is 49.2 Å². The first-order chi connectivity index (χ1) is 10.1. The van der Waals surface area contributed by atoms with E-state index in [0.29, 0.717) is 11.4 Å². The summed E-state index contributed by atoms with van der Waals surface area (Å²) in [6.45, 7) is 2.88. The molecule has 0 bridgehead atoms. The minimum absolute atomic E-state index is 0.0629. The van der Waals surface area contributed by atoms with Gasteiger partial charge in [-0.1, -0.05) is 24.6 Å². The summed E-state index contributed by atoms with van der Waals surface area (Å²) in [5, 5.41) is 3.94. The Balaban J connectivity index is 2.19. The Bertz CT molecular complexity index is 587. The van der Waals surface area contributed by atoms with Gasteiger partial charge in [0.25, 0.3) is 0 Å². The van der Waals surface area contributed by atoms with Crippen molar-refractivity contribution in [1.82, 2.24) is 10.3 Å². The number of rotatable bonds is 6. The van der Waals surface area contributed by atoms with Gasteiger partial charge in [-0.25, -0.2) is 8.78 Å². The van der Waals surface area contributed by atoms with Gasteiger partial charge in [0.05, 0.1) is 16.8 Å². The third kappa shape index (κ3) is 4.48. The lowest BCUT2D eigenvalue weighted by Crippen LogP contribution is -2.25. The van der Waals surface area contributed by atoms with Crippen molar-refractivity contribution in [3.8, 4) is 0 Å². The summed E-state index contributed by atoms with van der Waals surface area (Å²) in [4.78, 5) is 4.31. The highest BCUT2D eigenvalue weighted by atomic mass is 35.5. The molecule has 1 aromatic carbocycles. The second-order valence-electron chi connectivity index (χ2n) is 4.86. The fourth-order valence-electron chi connectivity index (χ4n) is 2.10. The summed E-state index contributed by atoms with van der Waals surface area (Å²) >= 11 is 5.84. The molecular weight excluding hydrogens is 294 g/mol. The minimum Gasteiger partial charge on any atom is -0.308 e. The zero-order valence-corrected chi connectivity index (χ0v) is 12.5. The monoisotopic (exact) mass is 310 g/mol. The maximum absolute atomic E-state index is 13.3. The van der Waals surface area contributed by atoms with Gasteiger partial charge in [0.2, 0.25) is 0 Å². The van der Waals surface area contributed by atoms with Crippen LogP contribution in [0.5, 0.6) is 0 Å². The van der Waals surface area contributed by atoms with Gasteiger partial charge in [0.15, 0.2) is 11.6 Å². The molecule has 0 saturated carbocycles. The lowest BCUT2D eigenvalue weighted by molar-refractivity contribution is 0.497. The van der Waals surface area contributed by atoms with E-state index in [-0.39, 0.29) is 6.04 Å². The Morgan fingerprint density at radius 1 is 1.19 bits per heavy atom. The molecule has 0 aliphatic rings. The smallest absolute Gasteiger partial charge is 0.159 e. The number of hydrogen-bond donors (Lipinski definition) is 1. The van der Waals surface area contributed by atoms with Crippen LogP contribution in [-0.4, -0.2) is 11.5 Å². The van der Waals surface area contributed by atoms with Crippen LogP contribution in [0.3, 0.4) is 0 Å². The van der Waals surface area contributed by atoms with Crippen LogP contribution in [0.25, 0.3) is 0 Å². The second kappa shape index (κ2) is 7.48. The molecule has 5 heteroatoms. The quantitative estimate of drug-likeness (QED) is 0.860. The zero-order chi connectivity index (χ0) is 15.2. The van der Waals surface area contributed by atoms with E-state index < -0.39 is 11.6 Å². The van der Waals surface area contributed by atoms with Crippen molar-refractivity contribution in [2.75, 3.05) is 6.54 Å². The highest BCUT2D eigenvalue weighted by molar-refractivity contribution is 6.30. The van der Waals surface area contributed by atoms with Gasteiger partial charge in [-0.2, -0.15) is 0 Å². The molecule has 1 heterocycles. The lowest BCUT2D eigenvalue weighted by atomic mass is 10.0. The highest BCUT2D eigenvalue weighted by Gasteiger charge is 2.14. The predicted molar refractivity (Wildman–Crippen MR) is 80.3 cm³/mol. The van der Waals surface area contributed by atoms with Crippen molar-refractivity contribution in [1.29, 1.82) is 0 Å². The Morgan fingerprint density at radius 2 is 2.00 bits per heavy atom. The van der Waals surface area contributed by atoms with Crippen molar-refractivity contribution in [3.05, 3.63) is 64.4 Å². The molecule has 2 rings (SSSR count). The first-order valence-electron chi connectivity index (χ1n) is 6.89. The Hall–Kier alpha value is -1.52. The first kappa shape index (κ1) is 15.9. The van der Waals surface area contributed by atoms with Crippen LogP contribution in [-0.2, 0) is 6.42 Å². The van der Waals surface area contributed by atoms with Gasteiger partial charge in [0.1, 0.15) is 0 Å². The third-order valence-corrected chi connectivity index (χ3v) is 3.40. The van der Waals surface area contributed by atoms with Crippen molar-refractivity contribution >= 4 is 11.6 Å². The minimum atomic E-state index is -0.832. The van der Waals surface area contributed by atoms with Crippen LogP contribution in [0.15, 0.2) is 36.5 Å². The maximum atomic E-state index is 13.3. The molecule has 21 heavy (non-hydrogen) atoms. The predicted octanol–water partition coefficient (Wildman–Crippen LogP) is 4.30. The van der Waals surface area contributed by atoms with Crippen molar-refractivity contribution in [2.45, 2.75) is 25.8 Å². The van der Waals surface area contributed by atoms with E-state index in [1.165, 1.54) is 6.07 Å². The van der Waals surface area contributed by atoms with Crippen molar-refractivity contribution in [3.63, 3.8) is 0 Å². The van der Waals surface area contributed by atoms with Gasteiger partial charge < -0.3 is 5.32 Å². The second-order valence-corrected chi connectivity index (χ2v) is 5.30. The molecule has 0 fully saturated rings. The van der Waals surface area contributed by atoms with Gasteiger partial charge in [0, 0.05) is 6.20 Å². The molecular formula is C16H17ClF2N2. The number of pyridine rings is 1. The molecule has 0 saturated heterocycles. The summed E-state index contributed by atoms with van der Waals surface area (Å²) in [5.74, 6) is -1.66. The molecule has 1 atom stereocenters. The third-order valence-electron chi connectivity index (χ3n) is 3.17. The number of halogens is 3. The molecule has 0 spiro atoms. The summed E-state index contributed by atoms with van der Waals surface area (Å²) in [7, 11) is 0. The van der Waals surface area contributed by atoms with E-state index in [0.717, 1.165) is 30.3 Å². The molecule has 0 aliphatic heterocycles. The van der Waals surface area contributed by atoms with Crippen LogP contribution in [0, 0.1) is 11.6 Å². The Labute approximate surface area is 128 Å². The fraction of sp³-hybridized carbons (Fsp3) is 0.312. The summed E-state index contributed by atoms with van der Waals surface area (Å²) in [6.07, 6.45) is 3.09. The Morgan fingerprint density at radius 3 is 2.62 bits per heavy atom. The van der Waals surface area contributed by atoms with Crippen LogP contribution in [0.4, 0.5) is 8.78 Å². The van der Waals surface area contributed by atoms with Crippen LogP contribution >= 0.6 is 11.6 Å². The van der Waals surface area contributed by atoms with Crippen molar-refractivity contribution in [2.24, 2.45) is 0 Å². The SMILES string of the molecule is CCCNC(Cc1ccc(F)c(F)c1)c1ccc(Cl)cn1. The highest BCUT2D eigenvalue weighted by Crippen LogP contribution is 2.19. The summed E-state index contributed by atoms with van der Waals surface area (Å²) in [5.41, 5.74) is 1.55. The average molecular weight is 311 g/mol. The van der Waals surface area contributed by atoms with Gasteiger partial charge >= 0.3 is 0 Å². The number of hydrogen-bond acceptors (Lipinski definition) is 2. The van der Waals surface area contributed by atoms with Crippen LogP contribution in [0.2, 0.25) is 5.02 Å². The normalized spacial score (nSPS) is 12.4. The average Bonchev–Trinajstić information content (AvgIpc) is 2.48. The fourth-order valence-corrected chi connectivity index (χ4v) is 2.21. The molecule has 1 unspecified atom stereocenters. The van der Waals surface area contributed by atoms with E-state index >= 15 is 0 Å². The van der Waals surface area contributed by atoms with Gasteiger partial charge in [-0.3, -0.25) is 4.98 Å². The largest absolute Gasteiger partial charge is 0.308 e. The molecule has 1 aromatic heterocycles. The molecule has 1 N–H and O–H groups in total. The number of aromatic nitrogens is 1. The molecule has 112 valence electrons. The Kier molecular flexibility index (Phi) is 5.65. The van der Waals surface area contributed by atoms with Crippen molar-refractivity contribution < 1.29 is 8.78 Å². The van der Waals surface area contributed by atoms with E-state index in [1.54, 1.807) is 18.3 Å². The lowest BCUT2D eigenvalue weighted by Gasteiger charge is -2.18. The molecule has 2 nitrogen and oxygen atoms in total.